The molecule has 17 heavy (non-hydrogen) atoms. The Morgan fingerprint density at radius 1 is 1.35 bits per heavy atom. The minimum Gasteiger partial charge on any atom is -0.223 e. The molecule has 1 aromatic rings. The number of unbranched alkanes of at least 4 members (excludes halogenated alkanes) is 1. The minimum absolute atomic E-state index is 0.209. The first-order chi connectivity index (χ1) is 7.89. The first kappa shape index (κ1) is 15.2. The highest BCUT2D eigenvalue weighted by atomic mass is 79.9. The Morgan fingerprint density at radius 2 is 2.00 bits per heavy atom. The quantitative estimate of drug-likeness (QED) is 0.765. The van der Waals surface area contributed by atoms with Gasteiger partial charge in [-0.3, -0.25) is 0 Å². The van der Waals surface area contributed by atoms with Gasteiger partial charge in [-0.15, -0.1) is 11.3 Å². The average Bonchev–Trinajstić information content (AvgIpc) is 2.72. The monoisotopic (exact) mass is 338 g/mol. The molecule has 0 amide bonds. The van der Waals surface area contributed by atoms with Gasteiger partial charge in [0.05, 0.1) is 9.04 Å². The first-order valence-corrected chi connectivity index (χ1v) is 9.04. The Hall–Kier alpha value is 0.130. The molecule has 0 saturated heterocycles. The second-order valence-corrected chi connectivity index (χ2v) is 9.42. The highest BCUT2D eigenvalue weighted by molar-refractivity contribution is 9.11. The van der Waals surface area contributed by atoms with E-state index in [9.17, 15) is 8.42 Å². The SMILES string of the molecule is CCCCC(C)C(C)S(=O)(=O)c1ccc(Br)s1. The molecule has 98 valence electrons. The van der Waals surface area contributed by atoms with Gasteiger partial charge in [-0.1, -0.05) is 26.7 Å². The van der Waals surface area contributed by atoms with E-state index >= 15 is 0 Å². The smallest absolute Gasteiger partial charge is 0.190 e. The van der Waals surface area contributed by atoms with Crippen LogP contribution in [0.3, 0.4) is 0 Å². The lowest BCUT2D eigenvalue weighted by molar-refractivity contribution is 0.476. The van der Waals surface area contributed by atoms with Crippen LogP contribution in [0.5, 0.6) is 0 Å². The lowest BCUT2D eigenvalue weighted by Gasteiger charge is -2.19. The van der Waals surface area contributed by atoms with Crippen LogP contribution in [0.4, 0.5) is 0 Å². The molecule has 0 aliphatic carbocycles. The van der Waals surface area contributed by atoms with Crippen molar-refractivity contribution in [2.45, 2.75) is 49.5 Å². The second kappa shape index (κ2) is 6.34. The van der Waals surface area contributed by atoms with Crippen LogP contribution in [0.1, 0.15) is 40.0 Å². The fourth-order valence-electron chi connectivity index (χ4n) is 1.70. The van der Waals surface area contributed by atoms with Crippen LogP contribution in [0.25, 0.3) is 0 Å². The third-order valence-electron chi connectivity index (χ3n) is 3.13. The normalized spacial score (nSPS) is 15.8. The molecule has 0 fully saturated rings. The number of hydrogen-bond acceptors (Lipinski definition) is 3. The molecule has 2 nitrogen and oxygen atoms in total. The van der Waals surface area contributed by atoms with Crippen molar-refractivity contribution >= 4 is 37.1 Å². The van der Waals surface area contributed by atoms with Crippen molar-refractivity contribution in [1.29, 1.82) is 0 Å². The molecular formula is C12H19BrO2S2. The Labute approximate surface area is 116 Å². The molecule has 0 N–H and O–H groups in total. The standard InChI is InChI=1S/C12H19BrO2S2/c1-4-5-6-9(2)10(3)17(14,15)12-8-7-11(13)16-12/h7-10H,4-6H2,1-3H3. The Balaban J connectivity index is 2.83. The van der Waals surface area contributed by atoms with Gasteiger partial charge in [-0.05, 0) is 47.3 Å². The molecule has 0 aliphatic heterocycles. The molecule has 0 aromatic carbocycles. The van der Waals surface area contributed by atoms with E-state index in [1.54, 1.807) is 12.1 Å². The lowest BCUT2D eigenvalue weighted by Crippen LogP contribution is -2.24. The summed E-state index contributed by atoms with van der Waals surface area (Å²) in [5.41, 5.74) is 0. The fourth-order valence-corrected chi connectivity index (χ4v) is 5.70. The number of thiophene rings is 1. The van der Waals surface area contributed by atoms with Gasteiger partial charge < -0.3 is 0 Å². The van der Waals surface area contributed by atoms with Crippen LogP contribution in [0.15, 0.2) is 20.1 Å². The van der Waals surface area contributed by atoms with E-state index in [0.29, 0.717) is 4.21 Å². The predicted octanol–water partition coefficient (Wildman–Crippen LogP) is 4.50. The van der Waals surface area contributed by atoms with E-state index in [0.717, 1.165) is 23.0 Å². The largest absolute Gasteiger partial charge is 0.223 e. The summed E-state index contributed by atoms with van der Waals surface area (Å²) in [5, 5.41) is -0.306. The summed E-state index contributed by atoms with van der Waals surface area (Å²) in [6, 6.07) is 3.48. The van der Waals surface area contributed by atoms with Crippen molar-refractivity contribution in [3.63, 3.8) is 0 Å². The average molecular weight is 339 g/mol. The van der Waals surface area contributed by atoms with Crippen molar-refractivity contribution < 1.29 is 8.42 Å². The zero-order valence-corrected chi connectivity index (χ0v) is 13.7. The van der Waals surface area contributed by atoms with Crippen LogP contribution in [-0.4, -0.2) is 13.7 Å². The van der Waals surface area contributed by atoms with E-state index in [1.165, 1.54) is 11.3 Å². The van der Waals surface area contributed by atoms with Gasteiger partial charge in [0, 0.05) is 0 Å². The topological polar surface area (TPSA) is 34.1 Å². The second-order valence-electron chi connectivity index (χ2n) is 4.43. The molecule has 0 spiro atoms. The maximum absolute atomic E-state index is 12.3. The molecule has 2 unspecified atom stereocenters. The van der Waals surface area contributed by atoms with Gasteiger partial charge in [0.2, 0.25) is 0 Å². The van der Waals surface area contributed by atoms with Crippen LogP contribution in [-0.2, 0) is 9.84 Å². The summed E-state index contributed by atoms with van der Waals surface area (Å²) < 4.78 is 26.0. The fraction of sp³-hybridized carbons (Fsp3) is 0.667. The van der Waals surface area contributed by atoms with E-state index in [-0.39, 0.29) is 11.2 Å². The molecular weight excluding hydrogens is 320 g/mol. The summed E-state index contributed by atoms with van der Waals surface area (Å²) >= 11 is 4.60. The summed E-state index contributed by atoms with van der Waals surface area (Å²) in [7, 11) is -3.16. The van der Waals surface area contributed by atoms with Crippen LogP contribution >= 0.6 is 27.3 Å². The zero-order chi connectivity index (χ0) is 13.1. The predicted molar refractivity (Wildman–Crippen MR) is 77.4 cm³/mol. The molecule has 1 rings (SSSR count). The Kier molecular flexibility index (Phi) is 5.67. The van der Waals surface area contributed by atoms with Crippen LogP contribution < -0.4 is 0 Å². The molecule has 2 atom stereocenters. The van der Waals surface area contributed by atoms with Crippen LogP contribution in [0, 0.1) is 5.92 Å². The summed E-state index contributed by atoms with van der Waals surface area (Å²) in [6.07, 6.45) is 3.18. The molecule has 0 bridgehead atoms. The summed E-state index contributed by atoms with van der Waals surface area (Å²) in [6.45, 7) is 5.98. The summed E-state index contributed by atoms with van der Waals surface area (Å²) in [5.74, 6) is 0.209. The van der Waals surface area contributed by atoms with Crippen molar-refractivity contribution in [3.05, 3.63) is 15.9 Å². The molecule has 1 heterocycles. The van der Waals surface area contributed by atoms with Crippen molar-refractivity contribution in [2.75, 3.05) is 0 Å². The highest BCUT2D eigenvalue weighted by Gasteiger charge is 2.29. The van der Waals surface area contributed by atoms with Gasteiger partial charge in [0.25, 0.3) is 0 Å². The van der Waals surface area contributed by atoms with Gasteiger partial charge in [-0.2, -0.15) is 0 Å². The van der Waals surface area contributed by atoms with Crippen molar-refractivity contribution in [3.8, 4) is 0 Å². The van der Waals surface area contributed by atoms with Gasteiger partial charge in [0.15, 0.2) is 9.84 Å². The Morgan fingerprint density at radius 3 is 2.47 bits per heavy atom. The summed E-state index contributed by atoms with van der Waals surface area (Å²) in [4.78, 5) is 0. The third kappa shape index (κ3) is 3.80. The molecule has 0 aliphatic rings. The third-order valence-corrected chi connectivity index (χ3v) is 7.64. The van der Waals surface area contributed by atoms with Gasteiger partial charge in [0.1, 0.15) is 4.21 Å². The zero-order valence-electron chi connectivity index (χ0n) is 10.4. The lowest BCUT2D eigenvalue weighted by atomic mass is 10.0. The maximum Gasteiger partial charge on any atom is 0.190 e. The van der Waals surface area contributed by atoms with E-state index in [2.05, 4.69) is 22.9 Å². The van der Waals surface area contributed by atoms with Gasteiger partial charge >= 0.3 is 0 Å². The van der Waals surface area contributed by atoms with Crippen molar-refractivity contribution in [1.82, 2.24) is 0 Å². The molecule has 0 radical (unpaired) electrons. The molecule has 0 saturated carbocycles. The molecule has 1 aromatic heterocycles. The van der Waals surface area contributed by atoms with E-state index in [1.807, 2.05) is 13.8 Å². The van der Waals surface area contributed by atoms with Crippen molar-refractivity contribution in [2.24, 2.45) is 5.92 Å². The first-order valence-electron chi connectivity index (χ1n) is 5.88. The van der Waals surface area contributed by atoms with E-state index < -0.39 is 9.84 Å². The maximum atomic E-state index is 12.3. The minimum atomic E-state index is -3.16. The highest BCUT2D eigenvalue weighted by Crippen LogP contribution is 2.31. The molecule has 5 heteroatoms. The van der Waals surface area contributed by atoms with E-state index in [4.69, 9.17) is 0 Å². The number of hydrogen-bond donors (Lipinski definition) is 0. The number of sulfone groups is 1. The Bertz CT molecular complexity index is 451. The van der Waals surface area contributed by atoms with Gasteiger partial charge in [-0.25, -0.2) is 8.42 Å². The number of halogens is 1. The number of rotatable bonds is 6. The van der Waals surface area contributed by atoms with Crippen LogP contribution in [0.2, 0.25) is 0 Å².